The van der Waals surface area contributed by atoms with Gasteiger partial charge < -0.3 is 10.5 Å². The molecule has 2 aromatic rings. The number of halogens is 3. The van der Waals surface area contributed by atoms with Gasteiger partial charge in [0, 0.05) is 16.1 Å². The lowest BCUT2D eigenvalue weighted by Crippen LogP contribution is -1.92. The van der Waals surface area contributed by atoms with Gasteiger partial charge in [0.25, 0.3) is 0 Å². The Labute approximate surface area is 113 Å². The van der Waals surface area contributed by atoms with E-state index >= 15 is 0 Å². The van der Waals surface area contributed by atoms with Crippen molar-refractivity contribution >= 4 is 40.5 Å². The number of hydrogen-bond donors (Lipinski definition) is 1. The summed E-state index contributed by atoms with van der Waals surface area (Å²) in [6, 6.07) is 6.39. The molecule has 2 N–H and O–H groups in total. The molecular formula is C11H7Cl3N2O. The minimum atomic E-state index is 0.324. The maximum atomic E-state index is 5.84. The highest BCUT2D eigenvalue weighted by atomic mass is 35.5. The van der Waals surface area contributed by atoms with E-state index in [1.54, 1.807) is 18.2 Å². The zero-order valence-corrected chi connectivity index (χ0v) is 10.7. The lowest BCUT2D eigenvalue weighted by atomic mass is 10.3. The Morgan fingerprint density at radius 1 is 1.00 bits per heavy atom. The van der Waals surface area contributed by atoms with Crippen molar-refractivity contribution in [1.82, 2.24) is 4.98 Å². The fourth-order valence-corrected chi connectivity index (χ4v) is 1.81. The van der Waals surface area contributed by atoms with E-state index in [2.05, 4.69) is 4.98 Å². The number of pyridine rings is 1. The quantitative estimate of drug-likeness (QED) is 0.890. The Morgan fingerprint density at radius 3 is 2.24 bits per heavy atom. The third kappa shape index (κ3) is 3.16. The Morgan fingerprint density at radius 2 is 1.65 bits per heavy atom. The van der Waals surface area contributed by atoms with Crippen molar-refractivity contribution in [2.24, 2.45) is 0 Å². The molecule has 0 spiro atoms. The molecule has 0 aliphatic heterocycles. The van der Waals surface area contributed by atoms with Crippen molar-refractivity contribution in [2.75, 3.05) is 5.73 Å². The SMILES string of the molecule is Nc1cc(Oc2cc(Cl)cc(Cl)c2)ncc1Cl. The summed E-state index contributed by atoms with van der Waals surface area (Å²) >= 11 is 17.4. The summed E-state index contributed by atoms with van der Waals surface area (Å²) in [5.74, 6) is 0.807. The molecule has 0 amide bonds. The van der Waals surface area contributed by atoms with Crippen LogP contribution in [0, 0.1) is 0 Å². The maximum absolute atomic E-state index is 5.84. The molecule has 2 rings (SSSR count). The van der Waals surface area contributed by atoms with Crippen LogP contribution in [0.5, 0.6) is 11.6 Å². The van der Waals surface area contributed by atoms with Crippen molar-refractivity contribution in [2.45, 2.75) is 0 Å². The number of nitrogens with zero attached hydrogens (tertiary/aromatic N) is 1. The maximum Gasteiger partial charge on any atom is 0.221 e. The number of anilines is 1. The van der Waals surface area contributed by atoms with Crippen LogP contribution in [0.15, 0.2) is 30.5 Å². The monoisotopic (exact) mass is 288 g/mol. The molecule has 0 saturated carbocycles. The van der Waals surface area contributed by atoms with E-state index in [9.17, 15) is 0 Å². The number of nitrogen functional groups attached to an aromatic ring is 1. The van der Waals surface area contributed by atoms with Gasteiger partial charge >= 0.3 is 0 Å². The van der Waals surface area contributed by atoms with E-state index < -0.39 is 0 Å². The predicted octanol–water partition coefficient (Wildman–Crippen LogP) is 4.42. The van der Waals surface area contributed by atoms with Crippen molar-refractivity contribution < 1.29 is 4.74 Å². The van der Waals surface area contributed by atoms with Gasteiger partial charge in [-0.05, 0) is 18.2 Å². The van der Waals surface area contributed by atoms with Crippen LogP contribution in [0.1, 0.15) is 0 Å². The molecule has 1 aromatic carbocycles. The van der Waals surface area contributed by atoms with E-state index in [-0.39, 0.29) is 0 Å². The molecule has 0 saturated heterocycles. The number of ether oxygens (including phenoxy) is 1. The largest absolute Gasteiger partial charge is 0.439 e. The van der Waals surface area contributed by atoms with Crippen LogP contribution < -0.4 is 10.5 Å². The standard InChI is InChI=1S/C11H7Cl3N2O/c12-6-1-7(13)3-8(2-6)17-11-4-10(15)9(14)5-16-11/h1-5H,(H2,15,16). The Balaban J connectivity index is 2.28. The van der Waals surface area contributed by atoms with Crippen molar-refractivity contribution in [3.05, 3.63) is 45.5 Å². The van der Waals surface area contributed by atoms with Crippen LogP contribution in [-0.2, 0) is 0 Å². The zero-order chi connectivity index (χ0) is 12.4. The third-order valence-corrected chi connectivity index (χ3v) is 2.67. The van der Waals surface area contributed by atoms with Gasteiger partial charge in [0.05, 0.1) is 16.9 Å². The van der Waals surface area contributed by atoms with Gasteiger partial charge in [-0.1, -0.05) is 34.8 Å². The van der Waals surface area contributed by atoms with Gasteiger partial charge in [0.2, 0.25) is 5.88 Å². The second kappa shape index (κ2) is 5.00. The van der Waals surface area contributed by atoms with E-state index in [1.807, 2.05) is 0 Å². The van der Waals surface area contributed by atoms with Crippen LogP contribution >= 0.6 is 34.8 Å². The molecule has 0 aliphatic rings. The van der Waals surface area contributed by atoms with Crippen LogP contribution in [0.25, 0.3) is 0 Å². The highest BCUT2D eigenvalue weighted by Gasteiger charge is 2.04. The van der Waals surface area contributed by atoms with E-state index in [4.69, 9.17) is 45.3 Å². The normalized spacial score (nSPS) is 10.3. The lowest BCUT2D eigenvalue weighted by Gasteiger charge is -2.06. The Kier molecular flexibility index (Phi) is 3.62. The Bertz CT molecular complexity index is 540. The van der Waals surface area contributed by atoms with Gasteiger partial charge in [-0.25, -0.2) is 4.98 Å². The summed E-state index contributed by atoms with van der Waals surface area (Å²) in [6.45, 7) is 0. The number of hydrogen-bond acceptors (Lipinski definition) is 3. The average molecular weight is 290 g/mol. The van der Waals surface area contributed by atoms with Gasteiger partial charge in [-0.15, -0.1) is 0 Å². The topological polar surface area (TPSA) is 48.1 Å². The van der Waals surface area contributed by atoms with Gasteiger partial charge in [0.15, 0.2) is 0 Å². The molecule has 0 radical (unpaired) electrons. The van der Waals surface area contributed by atoms with E-state index in [1.165, 1.54) is 12.3 Å². The predicted molar refractivity (Wildman–Crippen MR) is 70.2 cm³/mol. The van der Waals surface area contributed by atoms with Gasteiger partial charge in [-0.3, -0.25) is 0 Å². The Hall–Kier alpha value is -1.16. The second-order valence-electron chi connectivity index (χ2n) is 3.25. The molecular weight excluding hydrogens is 282 g/mol. The average Bonchev–Trinajstić information content (AvgIpc) is 2.22. The first-order chi connectivity index (χ1) is 8.04. The van der Waals surface area contributed by atoms with Crippen LogP contribution in [0.2, 0.25) is 15.1 Å². The number of benzene rings is 1. The molecule has 0 aliphatic carbocycles. The summed E-state index contributed by atoms with van der Waals surface area (Å²) in [5.41, 5.74) is 6.02. The summed E-state index contributed by atoms with van der Waals surface area (Å²) in [5, 5.41) is 1.34. The number of rotatable bonds is 2. The molecule has 0 bridgehead atoms. The molecule has 1 heterocycles. The van der Waals surface area contributed by atoms with Gasteiger partial charge in [0.1, 0.15) is 5.75 Å². The van der Waals surface area contributed by atoms with Crippen LogP contribution in [-0.4, -0.2) is 4.98 Å². The molecule has 3 nitrogen and oxygen atoms in total. The lowest BCUT2D eigenvalue weighted by molar-refractivity contribution is 0.463. The van der Waals surface area contributed by atoms with Crippen molar-refractivity contribution in [1.29, 1.82) is 0 Å². The number of aromatic nitrogens is 1. The first kappa shape index (κ1) is 12.3. The van der Waals surface area contributed by atoms with Crippen LogP contribution in [0.4, 0.5) is 5.69 Å². The third-order valence-electron chi connectivity index (χ3n) is 1.92. The first-order valence-electron chi connectivity index (χ1n) is 4.59. The minimum Gasteiger partial charge on any atom is -0.439 e. The molecule has 6 heteroatoms. The number of nitrogens with two attached hydrogens (primary N) is 1. The van der Waals surface area contributed by atoms with Crippen molar-refractivity contribution in [3.8, 4) is 11.6 Å². The van der Waals surface area contributed by atoms with Crippen molar-refractivity contribution in [3.63, 3.8) is 0 Å². The second-order valence-corrected chi connectivity index (χ2v) is 4.53. The molecule has 0 atom stereocenters. The molecule has 1 aromatic heterocycles. The first-order valence-corrected chi connectivity index (χ1v) is 5.73. The summed E-state index contributed by atoms with van der Waals surface area (Å²) in [6.07, 6.45) is 1.42. The molecule has 17 heavy (non-hydrogen) atoms. The fourth-order valence-electron chi connectivity index (χ4n) is 1.20. The molecule has 0 unspecified atom stereocenters. The summed E-state index contributed by atoms with van der Waals surface area (Å²) in [7, 11) is 0. The molecule has 88 valence electrons. The minimum absolute atomic E-state index is 0.324. The molecule has 0 fully saturated rings. The van der Waals surface area contributed by atoms with E-state index in [0.717, 1.165) is 0 Å². The summed E-state index contributed by atoms with van der Waals surface area (Å²) in [4.78, 5) is 3.97. The van der Waals surface area contributed by atoms with Crippen LogP contribution in [0.3, 0.4) is 0 Å². The fraction of sp³-hybridized carbons (Fsp3) is 0. The zero-order valence-electron chi connectivity index (χ0n) is 8.45. The summed E-state index contributed by atoms with van der Waals surface area (Å²) < 4.78 is 5.46. The highest BCUT2D eigenvalue weighted by molar-refractivity contribution is 6.34. The highest BCUT2D eigenvalue weighted by Crippen LogP contribution is 2.29. The van der Waals surface area contributed by atoms with E-state index in [0.29, 0.717) is 32.4 Å². The van der Waals surface area contributed by atoms with Gasteiger partial charge in [-0.2, -0.15) is 0 Å². The smallest absolute Gasteiger partial charge is 0.221 e.